The van der Waals surface area contributed by atoms with Crippen LogP contribution in [0.1, 0.15) is 25.3 Å². The first-order chi connectivity index (χ1) is 15.5. The third-order valence-electron chi connectivity index (χ3n) is 5.69. The lowest BCUT2D eigenvalue weighted by Crippen LogP contribution is -2.19. The molecular weight excluding hydrogens is 450 g/mol. The van der Waals surface area contributed by atoms with E-state index in [1.54, 1.807) is 42.5 Å². The predicted molar refractivity (Wildman–Crippen MR) is 122 cm³/mol. The normalized spacial score (nSPS) is 16.8. The van der Waals surface area contributed by atoms with Crippen LogP contribution in [0.2, 0.25) is 5.02 Å². The lowest BCUT2D eigenvalue weighted by molar-refractivity contribution is 0.120. The van der Waals surface area contributed by atoms with Gasteiger partial charge in [0.1, 0.15) is 5.82 Å². The minimum absolute atomic E-state index is 0.0885. The maximum atomic E-state index is 13.4. The lowest BCUT2D eigenvalue weighted by Gasteiger charge is -2.14. The van der Waals surface area contributed by atoms with Crippen molar-refractivity contribution in [2.24, 2.45) is 0 Å². The van der Waals surface area contributed by atoms with Crippen LogP contribution in [0.15, 0.2) is 52.4 Å². The molecule has 0 radical (unpaired) electrons. The molecule has 5 rings (SSSR count). The molecule has 166 valence electrons. The topological polar surface area (TPSA) is 98.5 Å². The highest BCUT2D eigenvalue weighted by molar-refractivity contribution is 7.91. The number of nitrogens with zero attached hydrogens (tertiary/aromatic N) is 4. The minimum atomic E-state index is -3.91. The first kappa shape index (κ1) is 21.1. The average Bonchev–Trinajstić information content (AvgIpc) is 3.47. The number of sulfone groups is 1. The molecule has 0 bridgehead atoms. The van der Waals surface area contributed by atoms with Gasteiger partial charge in [-0.2, -0.15) is 4.52 Å². The van der Waals surface area contributed by atoms with Crippen LogP contribution in [0.5, 0.6) is 0 Å². The number of benzene rings is 2. The van der Waals surface area contributed by atoms with Gasteiger partial charge in [0.25, 0.3) is 0 Å². The molecule has 1 N–H and O–H groups in total. The Kier molecular flexibility index (Phi) is 5.48. The van der Waals surface area contributed by atoms with Gasteiger partial charge in [0, 0.05) is 23.6 Å². The highest BCUT2D eigenvalue weighted by Crippen LogP contribution is 2.30. The summed E-state index contributed by atoms with van der Waals surface area (Å²) in [6, 6.07) is 12.1. The van der Waals surface area contributed by atoms with E-state index in [-0.39, 0.29) is 21.7 Å². The zero-order chi connectivity index (χ0) is 22.3. The SMILES string of the molecule is CCc1ccc(S(=O)(=O)c2nnn3c2nc(NCC2CCCO2)c2cc(Cl)ccc23)cc1. The Morgan fingerprint density at radius 3 is 2.75 bits per heavy atom. The zero-order valence-electron chi connectivity index (χ0n) is 17.5. The number of rotatable bonds is 6. The van der Waals surface area contributed by atoms with Gasteiger partial charge >= 0.3 is 0 Å². The van der Waals surface area contributed by atoms with Gasteiger partial charge in [0.05, 0.1) is 16.5 Å². The summed E-state index contributed by atoms with van der Waals surface area (Å²) in [4.78, 5) is 4.78. The van der Waals surface area contributed by atoms with E-state index in [9.17, 15) is 8.42 Å². The molecule has 1 saturated heterocycles. The van der Waals surface area contributed by atoms with Crippen molar-refractivity contribution >= 4 is 43.8 Å². The number of anilines is 1. The van der Waals surface area contributed by atoms with E-state index in [0.717, 1.165) is 36.8 Å². The van der Waals surface area contributed by atoms with Gasteiger partial charge in [-0.15, -0.1) is 5.10 Å². The standard InChI is InChI=1S/C22H22ClN5O3S/c1-2-14-5-8-17(9-6-14)32(29,30)22-21-25-20(24-13-16-4-3-11-31-16)18-12-15(23)7-10-19(18)28(21)27-26-22/h5-10,12,16H,2-4,11,13H2,1H3,(H,24,25). The third kappa shape index (κ3) is 3.70. The number of halogens is 1. The van der Waals surface area contributed by atoms with Gasteiger partial charge in [-0.3, -0.25) is 0 Å². The van der Waals surface area contributed by atoms with E-state index in [2.05, 4.69) is 20.6 Å². The van der Waals surface area contributed by atoms with Gasteiger partial charge in [0.15, 0.2) is 5.65 Å². The lowest BCUT2D eigenvalue weighted by atomic mass is 10.2. The van der Waals surface area contributed by atoms with Crippen LogP contribution in [0.25, 0.3) is 16.6 Å². The van der Waals surface area contributed by atoms with E-state index in [0.29, 0.717) is 22.9 Å². The highest BCUT2D eigenvalue weighted by atomic mass is 35.5. The van der Waals surface area contributed by atoms with E-state index < -0.39 is 9.84 Å². The van der Waals surface area contributed by atoms with Crippen molar-refractivity contribution in [3.05, 3.63) is 53.1 Å². The quantitative estimate of drug-likeness (QED) is 0.455. The fourth-order valence-corrected chi connectivity index (χ4v) is 5.32. The van der Waals surface area contributed by atoms with Crippen LogP contribution in [-0.4, -0.2) is 47.5 Å². The maximum Gasteiger partial charge on any atom is 0.229 e. The molecule has 0 saturated carbocycles. The number of ether oxygens (including phenoxy) is 1. The molecule has 2 aromatic heterocycles. The Hall–Kier alpha value is -2.75. The molecule has 1 aliphatic heterocycles. The number of hydrogen-bond donors (Lipinski definition) is 1. The van der Waals surface area contributed by atoms with Crippen LogP contribution in [0, 0.1) is 0 Å². The second kappa shape index (κ2) is 8.31. The molecule has 8 nitrogen and oxygen atoms in total. The Bertz CT molecular complexity index is 1400. The summed E-state index contributed by atoms with van der Waals surface area (Å²) in [7, 11) is -3.91. The van der Waals surface area contributed by atoms with Gasteiger partial charge in [-0.05, 0) is 55.2 Å². The largest absolute Gasteiger partial charge is 0.376 e. The first-order valence-electron chi connectivity index (χ1n) is 10.5. The molecular formula is C22H22ClN5O3S. The molecule has 1 unspecified atom stereocenters. The van der Waals surface area contributed by atoms with Crippen molar-refractivity contribution in [3.8, 4) is 0 Å². The van der Waals surface area contributed by atoms with Gasteiger partial charge in [-0.1, -0.05) is 35.9 Å². The minimum Gasteiger partial charge on any atom is -0.376 e. The Labute approximate surface area is 190 Å². The molecule has 1 fully saturated rings. The van der Waals surface area contributed by atoms with Gasteiger partial charge in [-0.25, -0.2) is 13.4 Å². The molecule has 10 heteroatoms. The monoisotopic (exact) mass is 471 g/mol. The maximum absolute atomic E-state index is 13.4. The summed E-state index contributed by atoms with van der Waals surface area (Å²) in [6.07, 6.45) is 2.91. The van der Waals surface area contributed by atoms with Crippen LogP contribution in [0.3, 0.4) is 0 Å². The number of aromatic nitrogens is 4. The molecule has 0 spiro atoms. The Balaban J connectivity index is 1.64. The van der Waals surface area contributed by atoms with Crippen molar-refractivity contribution in [2.45, 2.75) is 42.2 Å². The van der Waals surface area contributed by atoms with E-state index in [1.807, 2.05) is 6.92 Å². The molecule has 1 aliphatic rings. The van der Waals surface area contributed by atoms with Gasteiger partial charge < -0.3 is 10.1 Å². The summed E-state index contributed by atoms with van der Waals surface area (Å²) >= 11 is 6.23. The first-order valence-corrected chi connectivity index (χ1v) is 12.4. The molecule has 3 heterocycles. The van der Waals surface area contributed by atoms with E-state index in [4.69, 9.17) is 16.3 Å². The van der Waals surface area contributed by atoms with Crippen LogP contribution < -0.4 is 5.32 Å². The molecule has 32 heavy (non-hydrogen) atoms. The smallest absolute Gasteiger partial charge is 0.229 e. The molecule has 4 aromatic rings. The van der Waals surface area contributed by atoms with Crippen molar-refractivity contribution in [1.29, 1.82) is 0 Å². The van der Waals surface area contributed by atoms with E-state index >= 15 is 0 Å². The number of hydrogen-bond acceptors (Lipinski definition) is 7. The van der Waals surface area contributed by atoms with Crippen LogP contribution >= 0.6 is 11.6 Å². The number of nitrogens with one attached hydrogen (secondary N) is 1. The number of fused-ring (bicyclic) bond motifs is 3. The summed E-state index contributed by atoms with van der Waals surface area (Å²) in [5.41, 5.74) is 1.87. The summed E-state index contributed by atoms with van der Waals surface area (Å²) in [5, 5.41) is 12.5. The summed E-state index contributed by atoms with van der Waals surface area (Å²) in [5.74, 6) is 0.519. The summed E-state index contributed by atoms with van der Waals surface area (Å²) in [6.45, 7) is 3.33. The average molecular weight is 472 g/mol. The molecule has 0 aliphatic carbocycles. The number of aryl methyl sites for hydroxylation is 1. The fraction of sp³-hybridized carbons (Fsp3) is 0.318. The van der Waals surface area contributed by atoms with E-state index in [1.165, 1.54) is 4.52 Å². The summed E-state index contributed by atoms with van der Waals surface area (Å²) < 4.78 is 33.9. The second-order valence-corrected chi connectivity index (χ2v) is 10.1. The molecule has 2 aromatic carbocycles. The second-order valence-electron chi connectivity index (χ2n) is 7.77. The Morgan fingerprint density at radius 1 is 1.22 bits per heavy atom. The zero-order valence-corrected chi connectivity index (χ0v) is 19.0. The van der Waals surface area contributed by atoms with Crippen molar-refractivity contribution < 1.29 is 13.2 Å². The predicted octanol–water partition coefficient (Wildman–Crippen LogP) is 3.92. The van der Waals surface area contributed by atoms with Crippen LogP contribution in [0.4, 0.5) is 5.82 Å². The Morgan fingerprint density at radius 2 is 2.03 bits per heavy atom. The van der Waals surface area contributed by atoms with Gasteiger partial charge in [0.2, 0.25) is 14.9 Å². The van der Waals surface area contributed by atoms with Crippen molar-refractivity contribution in [1.82, 2.24) is 19.8 Å². The van der Waals surface area contributed by atoms with Crippen molar-refractivity contribution in [2.75, 3.05) is 18.5 Å². The highest BCUT2D eigenvalue weighted by Gasteiger charge is 2.27. The van der Waals surface area contributed by atoms with Crippen LogP contribution in [-0.2, 0) is 21.0 Å². The van der Waals surface area contributed by atoms with Crippen molar-refractivity contribution in [3.63, 3.8) is 0 Å². The molecule has 1 atom stereocenters. The molecule has 0 amide bonds. The third-order valence-corrected chi connectivity index (χ3v) is 7.60. The fourth-order valence-electron chi connectivity index (χ4n) is 3.91.